The average Bonchev–Trinajstić information content (AvgIpc) is 3.34. The molecule has 196 valence electrons. The van der Waals surface area contributed by atoms with Gasteiger partial charge in [-0.15, -0.1) is 0 Å². The molecule has 0 spiro atoms. The molecule has 2 radical (unpaired) electrons. The molecule has 0 saturated carbocycles. The van der Waals surface area contributed by atoms with Crippen molar-refractivity contribution in [2.45, 2.75) is 79.1 Å². The van der Waals surface area contributed by atoms with E-state index in [-0.39, 0.29) is 22.4 Å². The Morgan fingerprint density at radius 3 is 1.06 bits per heavy atom. The molecule has 1 heterocycles. The van der Waals surface area contributed by atoms with Gasteiger partial charge in [0.05, 0.1) is 0 Å². The van der Waals surface area contributed by atoms with Crippen molar-refractivity contribution in [1.29, 1.82) is 0 Å². The van der Waals surface area contributed by atoms with Gasteiger partial charge in [0.2, 0.25) is 0 Å². The van der Waals surface area contributed by atoms with Crippen molar-refractivity contribution in [2.75, 3.05) is 9.80 Å². The molecule has 3 aromatic carbocycles. The Hall–Kier alpha value is -2.26. The normalized spacial score (nSPS) is 12.9. The van der Waals surface area contributed by atoms with Crippen molar-refractivity contribution in [3.05, 3.63) is 114 Å². The third kappa shape index (κ3) is 7.16. The summed E-state index contributed by atoms with van der Waals surface area (Å²) in [6.45, 7) is 21.8. The number of para-hydroxylation sites is 2. The van der Waals surface area contributed by atoms with Crippen molar-refractivity contribution < 1.29 is 22.4 Å². The molecule has 36 heavy (non-hydrogen) atoms. The van der Waals surface area contributed by atoms with Crippen LogP contribution >= 0.6 is 0 Å². The van der Waals surface area contributed by atoms with Crippen molar-refractivity contribution in [3.8, 4) is 0 Å². The molecule has 4 rings (SSSR count). The zero-order chi connectivity index (χ0) is 25.5. The van der Waals surface area contributed by atoms with Crippen LogP contribution in [0.2, 0.25) is 0 Å². The van der Waals surface area contributed by atoms with Crippen LogP contribution in [0.25, 0.3) is 0 Å². The van der Waals surface area contributed by atoms with Crippen molar-refractivity contribution in [3.63, 3.8) is 0 Å². The van der Waals surface area contributed by atoms with Gasteiger partial charge >= 0.3 is 0 Å². The van der Waals surface area contributed by atoms with E-state index in [9.17, 15) is 0 Å². The van der Waals surface area contributed by atoms with Gasteiger partial charge in [-0.05, 0) is 58.3 Å². The first-order valence-corrected chi connectivity index (χ1v) is 12.9. The summed E-state index contributed by atoms with van der Waals surface area (Å²) in [7, 11) is 0. The van der Waals surface area contributed by atoms with Crippen molar-refractivity contribution in [1.82, 2.24) is 0 Å². The molecular formula is C33H41AuN2-2. The summed E-state index contributed by atoms with van der Waals surface area (Å²) < 4.78 is 0. The van der Waals surface area contributed by atoms with E-state index in [2.05, 4.69) is 127 Å². The Labute approximate surface area is 235 Å². The molecule has 2 nitrogen and oxygen atoms in total. The van der Waals surface area contributed by atoms with Gasteiger partial charge < -0.3 is 9.80 Å². The fourth-order valence-electron chi connectivity index (χ4n) is 4.49. The van der Waals surface area contributed by atoms with Gasteiger partial charge in [-0.1, -0.05) is 91.8 Å². The van der Waals surface area contributed by atoms with Crippen molar-refractivity contribution in [2.24, 2.45) is 0 Å². The van der Waals surface area contributed by atoms with Crippen LogP contribution in [-0.4, -0.2) is 0 Å². The molecule has 0 aliphatic carbocycles. The van der Waals surface area contributed by atoms with Gasteiger partial charge in [0.1, 0.15) is 0 Å². The summed E-state index contributed by atoms with van der Waals surface area (Å²) in [5, 5.41) is 0. The first-order chi connectivity index (χ1) is 16.7. The number of nitrogens with zero attached hydrogens (tertiary/aromatic N) is 2. The minimum atomic E-state index is 0. The largest absolute Gasteiger partial charge is 0.504 e. The zero-order valence-corrected chi connectivity index (χ0v) is 25.2. The maximum absolute atomic E-state index is 3.66. The number of benzene rings is 3. The van der Waals surface area contributed by atoms with E-state index in [0.29, 0.717) is 23.7 Å². The summed E-state index contributed by atoms with van der Waals surface area (Å²) >= 11 is 0. The third-order valence-corrected chi connectivity index (χ3v) is 6.35. The maximum atomic E-state index is 3.66. The number of hydrogen-bond donors (Lipinski definition) is 0. The van der Waals surface area contributed by atoms with E-state index in [4.69, 9.17) is 0 Å². The van der Waals surface area contributed by atoms with E-state index in [1.54, 1.807) is 0 Å². The van der Waals surface area contributed by atoms with Crippen LogP contribution in [0.3, 0.4) is 0 Å². The monoisotopic (exact) mass is 662 g/mol. The number of rotatable bonds is 6. The first-order valence-electron chi connectivity index (χ1n) is 12.9. The van der Waals surface area contributed by atoms with Gasteiger partial charge in [0.25, 0.3) is 0 Å². The van der Waals surface area contributed by atoms with Gasteiger partial charge in [-0.25, -0.2) is 6.67 Å². The van der Waals surface area contributed by atoms with Crippen LogP contribution < -0.4 is 9.80 Å². The standard InChI is InChI=1S/C27H36N2.C6H5.Au/c1-18(2)22-11-9-12-23(19(3)4)26(22)28-15-16-29(17-28)27-24(20(5)6)13-10-14-25(27)21(7)8;1-2-4-6-5-3-1;/h9-16,18-21H,1-8H3;1-5H;/q2*-1;. The second-order valence-corrected chi connectivity index (χ2v) is 10.4. The fourth-order valence-corrected chi connectivity index (χ4v) is 4.49. The second kappa shape index (κ2) is 13.9. The Morgan fingerprint density at radius 2 is 0.833 bits per heavy atom. The van der Waals surface area contributed by atoms with Crippen LogP contribution in [0.1, 0.15) is 101 Å². The van der Waals surface area contributed by atoms with E-state index in [1.165, 1.54) is 33.6 Å². The quantitative estimate of drug-likeness (QED) is 0.192. The SMILES string of the molecule is CC(C)c1cccc(C(C)C)c1N1[C-]N(c2c(C(C)C)cccc2C(C)C)C=C1.[Au].[c-]1ccccc1. The van der Waals surface area contributed by atoms with Crippen LogP contribution in [0.4, 0.5) is 11.4 Å². The molecule has 0 atom stereocenters. The minimum absolute atomic E-state index is 0. The Kier molecular flexibility index (Phi) is 11.6. The Morgan fingerprint density at radius 1 is 0.500 bits per heavy atom. The molecule has 0 fully saturated rings. The van der Waals surface area contributed by atoms with E-state index in [1.807, 2.05) is 30.3 Å². The first kappa shape index (κ1) is 30.0. The van der Waals surface area contributed by atoms with Gasteiger partial charge in [-0.2, -0.15) is 36.4 Å². The average molecular weight is 663 g/mol. The van der Waals surface area contributed by atoms with Crippen LogP contribution in [0, 0.1) is 12.7 Å². The number of anilines is 2. The molecule has 0 amide bonds. The van der Waals surface area contributed by atoms with Crippen molar-refractivity contribution >= 4 is 11.4 Å². The third-order valence-electron chi connectivity index (χ3n) is 6.35. The molecule has 3 heteroatoms. The Balaban J connectivity index is 0.000000571. The van der Waals surface area contributed by atoms with Gasteiger partial charge in [0, 0.05) is 33.8 Å². The molecule has 0 aromatic heterocycles. The zero-order valence-electron chi connectivity index (χ0n) is 23.0. The summed E-state index contributed by atoms with van der Waals surface area (Å²) in [6.07, 6.45) is 4.32. The predicted molar refractivity (Wildman–Crippen MR) is 152 cm³/mol. The number of hydrogen-bond acceptors (Lipinski definition) is 2. The maximum Gasteiger partial charge on any atom is 0.0175 e. The van der Waals surface area contributed by atoms with Crippen LogP contribution in [0.15, 0.2) is 79.1 Å². The molecule has 0 saturated heterocycles. The van der Waals surface area contributed by atoms with E-state index in [0.717, 1.165) is 0 Å². The molecule has 0 N–H and O–H groups in total. The smallest absolute Gasteiger partial charge is 0.0175 e. The summed E-state index contributed by atoms with van der Waals surface area (Å²) in [6, 6.07) is 25.9. The Bertz CT molecular complexity index is 949. The molecular weight excluding hydrogens is 621 g/mol. The molecule has 0 bridgehead atoms. The van der Waals surface area contributed by atoms with Gasteiger partial charge in [0.15, 0.2) is 0 Å². The fraction of sp³-hybridized carbons (Fsp3) is 0.364. The van der Waals surface area contributed by atoms with Gasteiger partial charge in [-0.3, -0.25) is 0 Å². The van der Waals surface area contributed by atoms with E-state index >= 15 is 0 Å². The summed E-state index contributed by atoms with van der Waals surface area (Å²) in [4.78, 5) is 4.40. The summed E-state index contributed by atoms with van der Waals surface area (Å²) in [5.74, 6) is 1.84. The van der Waals surface area contributed by atoms with E-state index < -0.39 is 0 Å². The second-order valence-electron chi connectivity index (χ2n) is 10.4. The minimum Gasteiger partial charge on any atom is -0.504 e. The topological polar surface area (TPSA) is 6.48 Å². The molecule has 1 aliphatic rings. The molecule has 3 aromatic rings. The molecule has 0 unspecified atom stereocenters. The predicted octanol–water partition coefficient (Wildman–Crippen LogP) is 9.46. The molecule has 1 aliphatic heterocycles. The van der Waals surface area contributed by atoms with Crippen LogP contribution in [-0.2, 0) is 22.4 Å². The van der Waals surface area contributed by atoms with Crippen LogP contribution in [0.5, 0.6) is 0 Å². The summed E-state index contributed by atoms with van der Waals surface area (Å²) in [5.41, 5.74) is 8.05.